The summed E-state index contributed by atoms with van der Waals surface area (Å²) in [6, 6.07) is 0. The Bertz CT molecular complexity index is 204. The minimum Gasteiger partial charge on any atom is -0.389 e. The van der Waals surface area contributed by atoms with Crippen molar-refractivity contribution in [3.63, 3.8) is 0 Å². The highest BCUT2D eigenvalue weighted by Gasteiger charge is 2.19. The molecule has 4 heteroatoms. The van der Waals surface area contributed by atoms with Crippen LogP contribution < -0.4 is 5.73 Å². The van der Waals surface area contributed by atoms with Crippen LogP contribution in [0.25, 0.3) is 0 Å². The highest BCUT2D eigenvalue weighted by molar-refractivity contribution is 4.74. The smallest absolute Gasteiger partial charge is 0.0741 e. The molecule has 1 heterocycles. The Hall–Kier alpha value is -0.160. The summed E-state index contributed by atoms with van der Waals surface area (Å²) in [4.78, 5) is 2.34. The van der Waals surface area contributed by atoms with E-state index < -0.39 is 5.60 Å². The Morgan fingerprint density at radius 3 is 2.88 bits per heavy atom. The summed E-state index contributed by atoms with van der Waals surface area (Å²) >= 11 is 0. The van der Waals surface area contributed by atoms with Gasteiger partial charge in [0.15, 0.2) is 0 Å². The number of aliphatic hydroxyl groups is 1. The van der Waals surface area contributed by atoms with Gasteiger partial charge >= 0.3 is 0 Å². The molecule has 1 rings (SSSR count). The zero-order valence-corrected chi connectivity index (χ0v) is 11.3. The lowest BCUT2D eigenvalue weighted by atomic mass is 9.99. The fraction of sp³-hybridized carbons (Fsp3) is 1.00. The second kappa shape index (κ2) is 7.31. The third-order valence-electron chi connectivity index (χ3n) is 3.52. The number of ether oxygens (including phenoxy) is 1. The lowest BCUT2D eigenvalue weighted by Gasteiger charge is -2.28. The molecule has 1 saturated heterocycles. The standard InChI is InChI=1S/C13H28N2O2/c1-13(16,11-14)6-4-7-15(2)9-12-5-3-8-17-10-12/h12,16H,3-11,14H2,1-2H3. The molecule has 0 bridgehead atoms. The Labute approximate surface area is 105 Å². The molecule has 1 aliphatic heterocycles. The Balaban J connectivity index is 2.10. The van der Waals surface area contributed by atoms with Crippen molar-refractivity contribution in [3.05, 3.63) is 0 Å². The number of hydrogen-bond acceptors (Lipinski definition) is 4. The molecule has 2 atom stereocenters. The van der Waals surface area contributed by atoms with E-state index in [9.17, 15) is 5.11 Å². The van der Waals surface area contributed by atoms with Gasteiger partial charge in [-0.3, -0.25) is 0 Å². The van der Waals surface area contributed by atoms with Crippen LogP contribution >= 0.6 is 0 Å². The third kappa shape index (κ3) is 6.36. The van der Waals surface area contributed by atoms with Crippen molar-refractivity contribution >= 4 is 0 Å². The van der Waals surface area contributed by atoms with Crippen molar-refractivity contribution in [2.45, 2.75) is 38.2 Å². The number of nitrogens with two attached hydrogens (primary N) is 1. The summed E-state index contributed by atoms with van der Waals surface area (Å²) in [7, 11) is 2.14. The normalized spacial score (nSPS) is 24.9. The molecule has 17 heavy (non-hydrogen) atoms. The fourth-order valence-electron chi connectivity index (χ4n) is 2.32. The second-order valence-electron chi connectivity index (χ2n) is 5.65. The quantitative estimate of drug-likeness (QED) is 0.696. The summed E-state index contributed by atoms with van der Waals surface area (Å²) in [5, 5.41) is 9.79. The lowest BCUT2D eigenvalue weighted by Crippen LogP contribution is -2.36. The number of nitrogens with zero attached hydrogens (tertiary/aromatic N) is 1. The summed E-state index contributed by atoms with van der Waals surface area (Å²) in [5.74, 6) is 0.684. The van der Waals surface area contributed by atoms with Crippen molar-refractivity contribution in [1.82, 2.24) is 4.90 Å². The van der Waals surface area contributed by atoms with Gasteiger partial charge in [-0.05, 0) is 52.1 Å². The van der Waals surface area contributed by atoms with Gasteiger partial charge in [0.2, 0.25) is 0 Å². The number of hydrogen-bond donors (Lipinski definition) is 2. The molecule has 4 nitrogen and oxygen atoms in total. The monoisotopic (exact) mass is 244 g/mol. The van der Waals surface area contributed by atoms with E-state index in [0.717, 1.165) is 39.1 Å². The molecule has 0 amide bonds. The predicted molar refractivity (Wildman–Crippen MR) is 70.0 cm³/mol. The zero-order chi connectivity index (χ0) is 12.7. The van der Waals surface area contributed by atoms with Crippen LogP contribution in [0.1, 0.15) is 32.6 Å². The Kier molecular flexibility index (Phi) is 6.41. The van der Waals surface area contributed by atoms with Crippen molar-refractivity contribution in [1.29, 1.82) is 0 Å². The molecule has 0 aromatic heterocycles. The summed E-state index contributed by atoms with van der Waals surface area (Å²) in [5.41, 5.74) is 4.79. The van der Waals surface area contributed by atoms with Crippen LogP contribution in [0.5, 0.6) is 0 Å². The van der Waals surface area contributed by atoms with Gasteiger partial charge in [0.05, 0.1) is 12.2 Å². The van der Waals surface area contributed by atoms with Gasteiger partial charge in [-0.1, -0.05) is 0 Å². The average Bonchev–Trinajstić information content (AvgIpc) is 2.30. The summed E-state index contributed by atoms with van der Waals surface area (Å²) in [6.45, 7) is 6.11. The van der Waals surface area contributed by atoms with Crippen LogP contribution in [0.3, 0.4) is 0 Å². The molecule has 1 aliphatic rings. The molecule has 3 N–H and O–H groups in total. The largest absolute Gasteiger partial charge is 0.389 e. The average molecular weight is 244 g/mol. The predicted octanol–water partition coefficient (Wildman–Crippen LogP) is 0.835. The second-order valence-corrected chi connectivity index (χ2v) is 5.65. The van der Waals surface area contributed by atoms with E-state index in [1.807, 2.05) is 6.92 Å². The topological polar surface area (TPSA) is 58.7 Å². The van der Waals surface area contributed by atoms with E-state index >= 15 is 0 Å². The molecule has 0 radical (unpaired) electrons. The van der Waals surface area contributed by atoms with Gasteiger partial charge < -0.3 is 20.5 Å². The Morgan fingerprint density at radius 1 is 1.53 bits per heavy atom. The first kappa shape index (κ1) is 14.9. The van der Waals surface area contributed by atoms with Gasteiger partial charge in [-0.25, -0.2) is 0 Å². The molecule has 0 aliphatic carbocycles. The van der Waals surface area contributed by atoms with Crippen molar-refractivity contribution < 1.29 is 9.84 Å². The molecular formula is C13H28N2O2. The van der Waals surface area contributed by atoms with Crippen molar-refractivity contribution in [2.75, 3.05) is 39.9 Å². The molecule has 1 fully saturated rings. The molecule has 0 spiro atoms. The number of rotatable bonds is 7. The van der Waals surface area contributed by atoms with Crippen LogP contribution in [0.2, 0.25) is 0 Å². The van der Waals surface area contributed by atoms with Crippen LogP contribution in [-0.4, -0.2) is 55.5 Å². The van der Waals surface area contributed by atoms with Gasteiger partial charge in [-0.2, -0.15) is 0 Å². The highest BCUT2D eigenvalue weighted by Crippen LogP contribution is 2.15. The van der Waals surface area contributed by atoms with Crippen LogP contribution in [0.4, 0.5) is 0 Å². The molecule has 0 aromatic rings. The van der Waals surface area contributed by atoms with E-state index in [1.54, 1.807) is 0 Å². The molecule has 102 valence electrons. The van der Waals surface area contributed by atoms with E-state index in [2.05, 4.69) is 11.9 Å². The first-order valence-electron chi connectivity index (χ1n) is 6.72. The van der Waals surface area contributed by atoms with E-state index in [1.165, 1.54) is 12.8 Å². The van der Waals surface area contributed by atoms with E-state index in [-0.39, 0.29) is 0 Å². The van der Waals surface area contributed by atoms with Gasteiger partial charge in [0, 0.05) is 19.7 Å². The SMILES string of the molecule is CN(CCCC(C)(O)CN)CC1CCCOC1. The van der Waals surface area contributed by atoms with Crippen molar-refractivity contribution in [3.8, 4) is 0 Å². The minimum atomic E-state index is -0.700. The van der Waals surface area contributed by atoms with Crippen molar-refractivity contribution in [2.24, 2.45) is 11.7 Å². The molecule has 2 unspecified atom stereocenters. The zero-order valence-electron chi connectivity index (χ0n) is 11.3. The maximum Gasteiger partial charge on any atom is 0.0741 e. The Morgan fingerprint density at radius 2 is 2.29 bits per heavy atom. The summed E-state index contributed by atoms with van der Waals surface area (Å²) in [6.07, 6.45) is 4.24. The van der Waals surface area contributed by atoms with E-state index in [4.69, 9.17) is 10.5 Å². The third-order valence-corrected chi connectivity index (χ3v) is 3.52. The van der Waals surface area contributed by atoms with Crippen LogP contribution in [0.15, 0.2) is 0 Å². The maximum atomic E-state index is 9.79. The minimum absolute atomic E-state index is 0.340. The lowest BCUT2D eigenvalue weighted by molar-refractivity contribution is 0.0372. The van der Waals surface area contributed by atoms with E-state index in [0.29, 0.717) is 12.5 Å². The first-order chi connectivity index (χ1) is 8.03. The molecule has 0 saturated carbocycles. The first-order valence-corrected chi connectivity index (χ1v) is 6.72. The fourth-order valence-corrected chi connectivity index (χ4v) is 2.32. The van der Waals surface area contributed by atoms with Gasteiger partial charge in [-0.15, -0.1) is 0 Å². The maximum absolute atomic E-state index is 9.79. The summed E-state index contributed by atoms with van der Waals surface area (Å²) < 4.78 is 5.48. The van der Waals surface area contributed by atoms with Gasteiger partial charge in [0.25, 0.3) is 0 Å². The molecular weight excluding hydrogens is 216 g/mol. The highest BCUT2D eigenvalue weighted by atomic mass is 16.5. The van der Waals surface area contributed by atoms with Gasteiger partial charge in [0.1, 0.15) is 0 Å². The van der Waals surface area contributed by atoms with Crippen LogP contribution in [-0.2, 0) is 4.74 Å². The molecule has 0 aromatic carbocycles. The van der Waals surface area contributed by atoms with Crippen LogP contribution in [0, 0.1) is 5.92 Å².